The van der Waals surface area contributed by atoms with Crippen LogP contribution >= 0.6 is 149 Å². The molecular weight excluding hydrogens is 1960 g/mol. The lowest BCUT2D eigenvalue weighted by atomic mass is 10.0. The quantitative estimate of drug-likeness (QED) is 0.00969. The topological polar surface area (TPSA) is 311 Å². The van der Waals surface area contributed by atoms with E-state index in [9.17, 15) is 33.9 Å². The van der Waals surface area contributed by atoms with E-state index < -0.39 is 19.8 Å². The molecule has 2 aromatic carbocycles. The molecule has 606 valence electrons. The van der Waals surface area contributed by atoms with Gasteiger partial charge in [-0.15, -0.1) is 19.3 Å². The van der Waals surface area contributed by atoms with Gasteiger partial charge >= 0.3 is 20.6 Å². The molecule has 4 heterocycles. The maximum Gasteiger partial charge on any atom is 0.407 e. The molecular formula is C73H105Br7N6O16S5Si. The summed E-state index contributed by atoms with van der Waals surface area (Å²) in [6.45, 7) is 10.3. The van der Waals surface area contributed by atoms with Crippen LogP contribution in [0.2, 0.25) is 0 Å². The van der Waals surface area contributed by atoms with Crippen LogP contribution in [0.1, 0.15) is 118 Å². The maximum absolute atomic E-state index is 12.9. The summed E-state index contributed by atoms with van der Waals surface area (Å²) in [5.74, 6) is 9.26. The Morgan fingerprint density at radius 3 is 1.30 bits per heavy atom. The highest BCUT2D eigenvalue weighted by Crippen LogP contribution is 2.35. The van der Waals surface area contributed by atoms with Gasteiger partial charge in [0.05, 0.1) is 93.6 Å². The highest BCUT2D eigenvalue weighted by molar-refractivity contribution is 9.15. The predicted octanol–water partition coefficient (Wildman–Crippen LogP) is 10.4. The molecule has 4 aliphatic rings. The van der Waals surface area contributed by atoms with Gasteiger partial charge in [-0.2, -0.15) is 37.0 Å². The van der Waals surface area contributed by atoms with Gasteiger partial charge in [0.2, 0.25) is 11.8 Å². The summed E-state index contributed by atoms with van der Waals surface area (Å²) in [5, 5.41) is 55.9. The van der Waals surface area contributed by atoms with Crippen molar-refractivity contribution < 1.29 is 77.0 Å². The lowest BCUT2D eigenvalue weighted by Gasteiger charge is -2.39. The van der Waals surface area contributed by atoms with Crippen molar-refractivity contribution in [1.82, 2.24) is 31.9 Å². The van der Waals surface area contributed by atoms with E-state index >= 15 is 0 Å². The molecule has 0 bridgehead atoms. The second kappa shape index (κ2) is 63.1. The number of amides is 6. The Morgan fingerprint density at radius 2 is 0.917 bits per heavy atom. The van der Waals surface area contributed by atoms with Crippen LogP contribution in [0.5, 0.6) is 0 Å². The van der Waals surface area contributed by atoms with Gasteiger partial charge in [0.25, 0.3) is 0 Å². The first kappa shape index (κ1) is 106. The molecule has 35 heteroatoms. The average molecular weight is 2070 g/mol. The number of rotatable bonds is 44. The summed E-state index contributed by atoms with van der Waals surface area (Å²) in [4.78, 5) is 71.7. The number of nitrogens with one attached hydrogen (secondary N) is 6. The lowest BCUT2D eigenvalue weighted by molar-refractivity contribution is -0.124. The van der Waals surface area contributed by atoms with Gasteiger partial charge < -0.3 is 80.1 Å². The highest BCUT2D eigenvalue weighted by Gasteiger charge is 2.48. The molecule has 0 aromatic heterocycles. The van der Waals surface area contributed by atoms with E-state index in [2.05, 4.69) is 184 Å². The minimum Gasteiger partial charge on any atom is -0.391 e. The minimum absolute atomic E-state index is 0. The summed E-state index contributed by atoms with van der Waals surface area (Å²) >= 11 is 33.8. The molecule has 0 saturated carbocycles. The smallest absolute Gasteiger partial charge is 0.391 e. The molecule has 0 radical (unpaired) electrons. The van der Waals surface area contributed by atoms with E-state index in [-0.39, 0.29) is 145 Å². The molecule has 4 aliphatic heterocycles. The number of carbonyl (C=O) groups is 6. The molecule has 108 heavy (non-hydrogen) atoms. The Balaban J connectivity index is 0.00000172. The summed E-state index contributed by atoms with van der Waals surface area (Å²) < 4.78 is 39.6. The summed E-state index contributed by atoms with van der Waals surface area (Å²) in [7, 11) is -3.35. The Labute approximate surface area is 724 Å². The van der Waals surface area contributed by atoms with Crippen molar-refractivity contribution in [3.8, 4) is 37.0 Å². The number of urea groups is 2. The number of aliphatic hydroxyl groups is 4. The number of benzene rings is 2. The molecule has 4 fully saturated rings. The van der Waals surface area contributed by atoms with Crippen molar-refractivity contribution >= 4 is 225 Å². The second-order valence-corrected chi connectivity index (χ2v) is 37.0. The molecule has 0 spiro atoms. The number of hydrogen-bond acceptors (Lipinski definition) is 20. The van der Waals surface area contributed by atoms with Crippen LogP contribution in [0.25, 0.3) is 0 Å². The summed E-state index contributed by atoms with van der Waals surface area (Å²) in [5.41, 5.74) is -1.72. The van der Waals surface area contributed by atoms with E-state index in [4.69, 9.17) is 62.4 Å². The van der Waals surface area contributed by atoms with Crippen LogP contribution in [0.15, 0.2) is 87.6 Å². The first-order valence-electron chi connectivity index (χ1n) is 34.5. The zero-order chi connectivity index (χ0) is 80.1. The third kappa shape index (κ3) is 47.0. The van der Waals surface area contributed by atoms with Gasteiger partial charge in [0, 0.05) is 136 Å². The normalized spacial score (nSPS) is 18.0. The minimum atomic E-state index is -3.35. The van der Waals surface area contributed by atoms with Crippen molar-refractivity contribution in [3.63, 3.8) is 0 Å². The average Bonchev–Trinajstić information content (AvgIpc) is 1.08. The number of hydrogen-bond donors (Lipinski definition) is 10. The van der Waals surface area contributed by atoms with E-state index in [0.29, 0.717) is 101 Å². The monoisotopic (exact) mass is 2060 g/mol. The zero-order valence-corrected chi connectivity index (χ0v) is 77.7. The number of Topliss-reactive ketones (excluding diaryl/α,β-unsaturated/α-hetero) is 2. The van der Waals surface area contributed by atoms with Crippen LogP contribution in [-0.4, -0.2) is 220 Å². The number of unbranched alkanes of at least 4 members (excludes halogenated alkanes) is 2. The van der Waals surface area contributed by atoms with E-state index in [1.807, 2.05) is 98.0 Å². The van der Waals surface area contributed by atoms with Crippen LogP contribution in [0.3, 0.4) is 0 Å². The van der Waals surface area contributed by atoms with Crippen LogP contribution in [-0.2, 0) is 69.4 Å². The Hall–Kier alpha value is -2.17. The number of fused-ring (bicyclic) bond motifs is 2. The molecule has 6 rings (SSSR count). The zero-order valence-electron chi connectivity index (χ0n) is 61.4. The number of halogens is 7. The second-order valence-electron chi connectivity index (χ2n) is 25.2. The fourth-order valence-electron chi connectivity index (χ4n) is 10.2. The molecule has 4 saturated heterocycles. The Kier molecular flexibility index (Phi) is 61.8. The van der Waals surface area contributed by atoms with Crippen molar-refractivity contribution in [2.45, 2.75) is 163 Å². The molecule has 6 atom stereocenters. The number of ether oxygens (including phenoxy) is 4. The van der Waals surface area contributed by atoms with Crippen molar-refractivity contribution in [2.75, 3.05) is 109 Å². The number of carbonyl (C=O) groups excluding carboxylic acids is 6. The van der Waals surface area contributed by atoms with Gasteiger partial charge in [0.15, 0.2) is 0 Å². The van der Waals surface area contributed by atoms with Gasteiger partial charge in [-0.25, -0.2) is 9.59 Å². The number of terminal acetylenes is 3. The van der Waals surface area contributed by atoms with Crippen LogP contribution < -0.4 is 42.3 Å². The van der Waals surface area contributed by atoms with E-state index in [1.165, 1.54) is 0 Å². The molecule has 0 aliphatic carbocycles. The molecule has 22 nitrogen and oxygen atoms in total. The Bertz CT molecular complexity index is 3140. The number of ketones is 2. The van der Waals surface area contributed by atoms with Gasteiger partial charge in [0.1, 0.15) is 24.8 Å². The molecule has 0 unspecified atom stereocenters. The third-order valence-corrected chi connectivity index (χ3v) is 28.3. The Morgan fingerprint density at radius 1 is 0.546 bits per heavy atom. The third-order valence-electron chi connectivity index (χ3n) is 15.5. The molecule has 6 amide bonds. The first-order chi connectivity index (χ1) is 51.1. The van der Waals surface area contributed by atoms with Crippen molar-refractivity contribution in [1.29, 1.82) is 0 Å². The fourth-order valence-corrected chi connectivity index (χ4v) is 18.1. The van der Waals surface area contributed by atoms with E-state index in [0.717, 1.165) is 73.9 Å². The highest BCUT2D eigenvalue weighted by atomic mass is 79.9. The van der Waals surface area contributed by atoms with Gasteiger partial charge in [-0.1, -0.05) is 203 Å². The first-order valence-corrected chi connectivity index (χ1v) is 45.6. The van der Waals surface area contributed by atoms with E-state index in [1.54, 1.807) is 13.8 Å². The van der Waals surface area contributed by atoms with Gasteiger partial charge in [-0.05, 0) is 76.6 Å². The molecule has 2 aromatic rings. The lowest BCUT2D eigenvalue weighted by Crippen LogP contribution is -2.67. The van der Waals surface area contributed by atoms with Gasteiger partial charge in [-0.3, -0.25) is 19.2 Å². The van der Waals surface area contributed by atoms with Crippen LogP contribution in [0, 0.1) is 37.0 Å². The standard InChI is InChI=1S/C39H51Br2N3O7SSi.C20H35N3O5S.C7H8Br2O2.C4H6Br2O2.C3H3Br.S2.H2S/c1-4-22-49-25-32(40)33(41)26-50-53(30-16-7-5-8-17-30,31-18-9-6-10-19-31)51-39(2,3)28-42-36(46)21-24-48-23-13-15-29(45)14-11-12-20-35-37-34(27-52-35)43-38(47)44-37;1-20(2,27)13-21-17(25)9-11-28-10-5-7-14(24)6-3-4-8-16-18-15(12-29-16)22-19(26)23-18;1-2-3-11-5-7(9)6(8)4-10;5-3(1-7)4(6)2-8;1-2-3-4;1-2;/h1,5-10,16-19,34-35,37H,11-15,20-28H2,2-3H3,(H,42,46)(H2,43,44,47);15-16,18,27H,3-13H2,1-2H3,(H,21,25)(H2,22,23,26);1,10H,3-5H2;7-8H,1-2H2;1H,3H2;;1H2/b33-32+;;7-6+;4-3+;;;/t34-,35-,37-;15-,16-,18-;;;;;/m00...../s1. The number of alkyl halides is 1. The fraction of sp³-hybridized carbons (Fsp3) is 0.589. The number of aliphatic hydroxyl groups excluding tert-OH is 3. The molecule has 10 N–H and O–H groups in total. The SMILES string of the molecule is C#CCBr.C#CCOC/C(Br)=C(\Br)CO.C#CCOC/C(Br)=C(\Br)CO[Si](OC(C)(C)CNC(=O)CCOCCCC(=O)CCCC[C@@H]1SC[C@@H]2NC(=O)N[C@@H]21)(c1ccccc1)c1ccccc1.CC(C)(O)CNC(=O)CCOCCCC(=O)CCCC[C@@H]1SC[C@@H]2NC(=O)N[C@@H]21.OC/C(Br)=C(\Br)CO.S.S=S. The van der Waals surface area contributed by atoms with Crippen molar-refractivity contribution in [3.05, 3.63) is 87.6 Å². The maximum atomic E-state index is 12.9. The van der Waals surface area contributed by atoms with Crippen molar-refractivity contribution in [2.24, 2.45) is 0 Å². The predicted molar refractivity (Wildman–Crippen MR) is 472 cm³/mol. The summed E-state index contributed by atoms with van der Waals surface area (Å²) in [6, 6.07) is 20.6. The number of thioether (sulfide) groups is 2. The largest absolute Gasteiger partial charge is 0.407 e. The summed E-state index contributed by atoms with van der Waals surface area (Å²) in [6.07, 6.45) is 24.6. The van der Waals surface area contributed by atoms with Crippen LogP contribution in [0.4, 0.5) is 9.59 Å².